The zero-order chi connectivity index (χ0) is 22.1. The zero-order valence-corrected chi connectivity index (χ0v) is 16.1. The first-order valence-corrected chi connectivity index (χ1v) is 8.90. The molecule has 0 spiro atoms. The van der Waals surface area contributed by atoms with Crippen LogP contribution in [0.3, 0.4) is 0 Å². The van der Waals surface area contributed by atoms with Crippen LogP contribution in [-0.4, -0.2) is 0 Å². The Morgan fingerprint density at radius 2 is 0.833 bits per heavy atom. The van der Waals surface area contributed by atoms with Crippen LogP contribution < -0.4 is 9.47 Å². The lowest BCUT2D eigenvalue weighted by molar-refractivity contribution is -0.138. The fourth-order valence-corrected chi connectivity index (χ4v) is 3.02. The molecular formula is C20H10Cl2F6O2. The summed E-state index contributed by atoms with van der Waals surface area (Å²) in [6, 6.07) is 11.9. The lowest BCUT2D eigenvalue weighted by atomic mass is 10.2. The van der Waals surface area contributed by atoms with Gasteiger partial charge in [-0.2, -0.15) is 26.3 Å². The van der Waals surface area contributed by atoms with Crippen LogP contribution in [0.4, 0.5) is 26.3 Å². The Bertz CT molecular complexity index is 979. The highest BCUT2D eigenvalue weighted by Crippen LogP contribution is 2.45. The molecular weight excluding hydrogens is 457 g/mol. The highest BCUT2D eigenvalue weighted by atomic mass is 35.5. The summed E-state index contributed by atoms with van der Waals surface area (Å²) in [5.41, 5.74) is -2.19. The normalized spacial score (nSPS) is 12.0. The molecule has 0 aliphatic rings. The second-order valence-corrected chi connectivity index (χ2v) is 6.64. The number of alkyl halides is 6. The quantitative estimate of drug-likeness (QED) is 0.358. The van der Waals surface area contributed by atoms with Crippen molar-refractivity contribution in [1.82, 2.24) is 0 Å². The molecule has 158 valence electrons. The fraction of sp³-hybridized carbons (Fsp3) is 0.100. The molecule has 0 aromatic heterocycles. The van der Waals surface area contributed by atoms with Crippen molar-refractivity contribution in [3.63, 3.8) is 0 Å². The molecule has 2 nitrogen and oxygen atoms in total. The molecule has 0 saturated heterocycles. The largest absolute Gasteiger partial charge is 0.452 e. The lowest BCUT2D eigenvalue weighted by Crippen LogP contribution is -2.06. The van der Waals surface area contributed by atoms with E-state index in [1.807, 2.05) is 0 Å². The maximum atomic E-state index is 13.0. The Kier molecular flexibility index (Phi) is 6.10. The minimum atomic E-state index is -4.70. The zero-order valence-electron chi connectivity index (χ0n) is 14.6. The number of hydrogen-bond donors (Lipinski definition) is 0. The second kappa shape index (κ2) is 8.28. The third kappa shape index (κ3) is 4.76. The van der Waals surface area contributed by atoms with E-state index >= 15 is 0 Å². The predicted molar refractivity (Wildman–Crippen MR) is 99.5 cm³/mol. The van der Waals surface area contributed by atoms with Gasteiger partial charge in [0.2, 0.25) is 0 Å². The number of rotatable bonds is 4. The standard InChI is InChI=1S/C20H10Cl2F6O2/c21-17-11(19(23,24)25)5-3-9-15(17)29-13-7-1-2-8-14(13)30-16-10-4-6-12(18(16)22)20(26,27)28/h1-10H. The minimum Gasteiger partial charge on any atom is -0.452 e. The molecule has 0 N–H and O–H groups in total. The van der Waals surface area contributed by atoms with E-state index in [4.69, 9.17) is 32.7 Å². The molecule has 30 heavy (non-hydrogen) atoms. The van der Waals surface area contributed by atoms with Gasteiger partial charge >= 0.3 is 12.4 Å². The summed E-state index contributed by atoms with van der Waals surface area (Å²) in [5.74, 6) is -0.769. The molecule has 0 atom stereocenters. The predicted octanol–water partition coefficient (Wildman–Crippen LogP) is 8.62. The van der Waals surface area contributed by atoms with Crippen molar-refractivity contribution in [1.29, 1.82) is 0 Å². The van der Waals surface area contributed by atoms with Crippen LogP contribution in [0.25, 0.3) is 0 Å². The first-order chi connectivity index (χ1) is 14.0. The van der Waals surface area contributed by atoms with Crippen LogP contribution in [-0.2, 0) is 12.4 Å². The van der Waals surface area contributed by atoms with Crippen molar-refractivity contribution in [3.8, 4) is 23.0 Å². The van der Waals surface area contributed by atoms with Gasteiger partial charge in [0.25, 0.3) is 0 Å². The van der Waals surface area contributed by atoms with Gasteiger partial charge in [-0.25, -0.2) is 0 Å². The van der Waals surface area contributed by atoms with E-state index < -0.39 is 33.5 Å². The van der Waals surface area contributed by atoms with Crippen molar-refractivity contribution in [2.75, 3.05) is 0 Å². The van der Waals surface area contributed by atoms with Gasteiger partial charge in [0.1, 0.15) is 11.5 Å². The van der Waals surface area contributed by atoms with E-state index in [0.29, 0.717) is 0 Å². The molecule has 0 aliphatic heterocycles. The van der Waals surface area contributed by atoms with Gasteiger partial charge in [-0.1, -0.05) is 47.5 Å². The highest BCUT2D eigenvalue weighted by molar-refractivity contribution is 6.33. The Morgan fingerprint density at radius 3 is 1.17 bits per heavy atom. The van der Waals surface area contributed by atoms with E-state index in [1.54, 1.807) is 0 Å². The van der Waals surface area contributed by atoms with Crippen molar-refractivity contribution in [2.45, 2.75) is 12.4 Å². The van der Waals surface area contributed by atoms with Gasteiger partial charge in [0, 0.05) is 0 Å². The minimum absolute atomic E-state index is 0.0767. The number of halogens is 8. The van der Waals surface area contributed by atoms with E-state index in [9.17, 15) is 26.3 Å². The number of para-hydroxylation sites is 2. The summed E-state index contributed by atoms with van der Waals surface area (Å²) >= 11 is 11.6. The van der Waals surface area contributed by atoms with Gasteiger partial charge in [0.05, 0.1) is 21.2 Å². The molecule has 3 aromatic carbocycles. The Morgan fingerprint density at radius 1 is 0.500 bits per heavy atom. The maximum absolute atomic E-state index is 13.0. The molecule has 0 amide bonds. The summed E-state index contributed by atoms with van der Waals surface area (Å²) in [7, 11) is 0. The molecule has 3 rings (SSSR count). The van der Waals surface area contributed by atoms with Gasteiger partial charge in [-0.3, -0.25) is 0 Å². The van der Waals surface area contributed by atoms with Crippen LogP contribution >= 0.6 is 23.2 Å². The molecule has 0 unspecified atom stereocenters. The number of hydrogen-bond acceptors (Lipinski definition) is 2. The molecule has 0 saturated carbocycles. The van der Waals surface area contributed by atoms with Gasteiger partial charge in [-0.15, -0.1) is 0 Å². The van der Waals surface area contributed by atoms with Crippen LogP contribution in [0.5, 0.6) is 23.0 Å². The smallest absolute Gasteiger partial charge is 0.417 e. The molecule has 0 heterocycles. The van der Waals surface area contributed by atoms with Crippen molar-refractivity contribution in [3.05, 3.63) is 81.8 Å². The topological polar surface area (TPSA) is 18.5 Å². The Balaban J connectivity index is 1.96. The molecule has 0 bridgehead atoms. The van der Waals surface area contributed by atoms with Crippen LogP contribution in [0.1, 0.15) is 11.1 Å². The first-order valence-electron chi connectivity index (χ1n) is 8.14. The van der Waals surface area contributed by atoms with Gasteiger partial charge in [-0.05, 0) is 36.4 Å². The summed E-state index contributed by atoms with van der Waals surface area (Å²) in [6.45, 7) is 0. The van der Waals surface area contributed by atoms with E-state index in [0.717, 1.165) is 24.3 Å². The summed E-state index contributed by atoms with van der Waals surface area (Å²) < 4.78 is 89.2. The van der Waals surface area contributed by atoms with Gasteiger partial charge < -0.3 is 9.47 Å². The average Bonchev–Trinajstić information content (AvgIpc) is 2.64. The van der Waals surface area contributed by atoms with Crippen LogP contribution in [0.15, 0.2) is 60.7 Å². The monoisotopic (exact) mass is 466 g/mol. The van der Waals surface area contributed by atoms with Crippen LogP contribution in [0, 0.1) is 0 Å². The maximum Gasteiger partial charge on any atom is 0.417 e. The third-order valence-electron chi connectivity index (χ3n) is 3.83. The van der Waals surface area contributed by atoms with Crippen LogP contribution in [0.2, 0.25) is 10.0 Å². The summed E-state index contributed by atoms with van der Waals surface area (Å²) in [4.78, 5) is 0. The lowest BCUT2D eigenvalue weighted by Gasteiger charge is -2.17. The van der Waals surface area contributed by atoms with Gasteiger partial charge in [0.15, 0.2) is 11.5 Å². The molecule has 3 aromatic rings. The molecule has 0 fully saturated rings. The number of ether oxygens (including phenoxy) is 2. The van der Waals surface area contributed by atoms with Crippen molar-refractivity contribution >= 4 is 23.2 Å². The fourth-order valence-electron chi connectivity index (χ4n) is 2.47. The number of benzene rings is 3. The second-order valence-electron chi connectivity index (χ2n) is 5.88. The van der Waals surface area contributed by atoms with Crippen molar-refractivity contribution in [2.24, 2.45) is 0 Å². The molecule has 0 radical (unpaired) electrons. The average molecular weight is 467 g/mol. The first kappa shape index (κ1) is 22.1. The highest BCUT2D eigenvalue weighted by Gasteiger charge is 2.35. The Labute approximate surface area is 176 Å². The third-order valence-corrected chi connectivity index (χ3v) is 4.61. The molecule has 10 heteroatoms. The molecule has 0 aliphatic carbocycles. The Hall–Kier alpha value is -2.58. The summed E-state index contributed by atoms with van der Waals surface area (Å²) in [5, 5.41) is -1.34. The van der Waals surface area contributed by atoms with Crippen molar-refractivity contribution < 1.29 is 35.8 Å². The van der Waals surface area contributed by atoms with E-state index in [2.05, 4.69) is 0 Å². The van der Waals surface area contributed by atoms with E-state index in [1.165, 1.54) is 36.4 Å². The SMILES string of the molecule is FC(F)(F)c1cccc(Oc2ccccc2Oc2cccc(C(F)(F)F)c2Cl)c1Cl. The summed E-state index contributed by atoms with van der Waals surface area (Å²) in [6.07, 6.45) is -9.39. The van der Waals surface area contributed by atoms with E-state index in [-0.39, 0.29) is 23.0 Å².